The van der Waals surface area contributed by atoms with Gasteiger partial charge in [-0.3, -0.25) is 4.79 Å². The standard InChI is InChI=1S/C20H24N4O2/c1-2-26-18-17(21-11-12-22-18)24-13-8-16(14-24)23-19(25)20(9-10-20)15-6-4-3-5-7-15/h3-7,11-12,16H,2,8-10,13-14H2,1H3,(H,23,25). The van der Waals surface area contributed by atoms with Crippen LogP contribution in [0, 0.1) is 0 Å². The molecule has 2 heterocycles. The van der Waals surface area contributed by atoms with E-state index in [0.29, 0.717) is 12.5 Å². The number of benzene rings is 1. The van der Waals surface area contributed by atoms with E-state index in [4.69, 9.17) is 4.74 Å². The van der Waals surface area contributed by atoms with Gasteiger partial charge in [-0.15, -0.1) is 0 Å². The Morgan fingerprint density at radius 3 is 2.77 bits per heavy atom. The zero-order valence-corrected chi connectivity index (χ0v) is 15.0. The minimum absolute atomic E-state index is 0.125. The van der Waals surface area contributed by atoms with Crippen molar-refractivity contribution < 1.29 is 9.53 Å². The maximum atomic E-state index is 12.9. The number of carbonyl (C=O) groups excluding carboxylic acids is 1. The Kier molecular flexibility index (Phi) is 4.49. The van der Waals surface area contributed by atoms with Gasteiger partial charge in [-0.1, -0.05) is 30.3 Å². The lowest BCUT2D eigenvalue weighted by Crippen LogP contribution is -2.43. The Balaban J connectivity index is 1.42. The Hall–Kier alpha value is -2.63. The summed E-state index contributed by atoms with van der Waals surface area (Å²) < 4.78 is 5.59. The van der Waals surface area contributed by atoms with E-state index in [1.165, 1.54) is 0 Å². The third kappa shape index (κ3) is 3.11. The van der Waals surface area contributed by atoms with Crippen molar-refractivity contribution >= 4 is 11.7 Å². The van der Waals surface area contributed by atoms with Gasteiger partial charge in [-0.05, 0) is 31.7 Å². The fraction of sp³-hybridized carbons (Fsp3) is 0.450. The van der Waals surface area contributed by atoms with E-state index in [2.05, 4.69) is 32.3 Å². The molecule has 1 N–H and O–H groups in total. The number of carbonyl (C=O) groups is 1. The maximum Gasteiger partial charge on any atom is 0.257 e. The van der Waals surface area contributed by atoms with Crippen LogP contribution in [-0.2, 0) is 10.2 Å². The molecule has 1 aliphatic carbocycles. The van der Waals surface area contributed by atoms with Gasteiger partial charge in [0.1, 0.15) is 0 Å². The number of anilines is 1. The lowest BCUT2D eigenvalue weighted by Gasteiger charge is -2.21. The summed E-state index contributed by atoms with van der Waals surface area (Å²) in [5.74, 6) is 1.47. The molecule has 1 unspecified atom stereocenters. The smallest absolute Gasteiger partial charge is 0.257 e. The molecule has 1 saturated heterocycles. The molecule has 1 atom stereocenters. The second-order valence-electron chi connectivity index (χ2n) is 6.97. The number of rotatable bonds is 6. The van der Waals surface area contributed by atoms with Gasteiger partial charge in [0.2, 0.25) is 5.91 Å². The van der Waals surface area contributed by atoms with Gasteiger partial charge in [0.05, 0.1) is 12.0 Å². The molecule has 1 aliphatic heterocycles. The Morgan fingerprint density at radius 2 is 2.04 bits per heavy atom. The van der Waals surface area contributed by atoms with E-state index >= 15 is 0 Å². The van der Waals surface area contributed by atoms with Gasteiger partial charge >= 0.3 is 0 Å². The molecule has 26 heavy (non-hydrogen) atoms. The van der Waals surface area contributed by atoms with Crippen LogP contribution in [0.15, 0.2) is 42.7 Å². The van der Waals surface area contributed by atoms with Gasteiger partial charge < -0.3 is 15.0 Å². The van der Waals surface area contributed by atoms with Crippen molar-refractivity contribution in [2.75, 3.05) is 24.6 Å². The number of ether oxygens (including phenoxy) is 1. The summed E-state index contributed by atoms with van der Waals surface area (Å²) in [4.78, 5) is 23.8. The number of hydrogen-bond donors (Lipinski definition) is 1. The molecule has 6 nitrogen and oxygen atoms in total. The summed E-state index contributed by atoms with van der Waals surface area (Å²) in [5, 5.41) is 3.26. The number of aromatic nitrogens is 2. The molecule has 136 valence electrons. The van der Waals surface area contributed by atoms with Crippen LogP contribution in [0.2, 0.25) is 0 Å². The molecule has 1 saturated carbocycles. The van der Waals surface area contributed by atoms with E-state index in [1.54, 1.807) is 12.4 Å². The highest BCUT2D eigenvalue weighted by atomic mass is 16.5. The molecule has 4 rings (SSSR count). The van der Waals surface area contributed by atoms with Gasteiger partial charge in [-0.2, -0.15) is 0 Å². The second kappa shape index (κ2) is 6.94. The predicted octanol–water partition coefficient (Wildman–Crippen LogP) is 2.30. The lowest BCUT2D eigenvalue weighted by atomic mass is 9.94. The lowest BCUT2D eigenvalue weighted by molar-refractivity contribution is -0.124. The summed E-state index contributed by atoms with van der Waals surface area (Å²) in [6, 6.07) is 10.2. The van der Waals surface area contributed by atoms with E-state index in [9.17, 15) is 4.79 Å². The molecule has 1 aromatic heterocycles. The summed E-state index contributed by atoms with van der Waals surface area (Å²) in [7, 11) is 0. The minimum atomic E-state index is -0.322. The number of nitrogens with zero attached hydrogens (tertiary/aromatic N) is 3. The second-order valence-corrected chi connectivity index (χ2v) is 6.97. The number of hydrogen-bond acceptors (Lipinski definition) is 5. The van der Waals surface area contributed by atoms with Crippen LogP contribution in [-0.4, -0.2) is 41.6 Å². The average Bonchev–Trinajstić information content (AvgIpc) is 3.37. The van der Waals surface area contributed by atoms with Crippen molar-refractivity contribution in [1.29, 1.82) is 0 Å². The van der Waals surface area contributed by atoms with Crippen molar-refractivity contribution in [3.05, 3.63) is 48.3 Å². The van der Waals surface area contributed by atoms with Gasteiger partial charge in [0.15, 0.2) is 5.82 Å². The Morgan fingerprint density at radius 1 is 1.27 bits per heavy atom. The van der Waals surface area contributed by atoms with Crippen molar-refractivity contribution in [3.8, 4) is 5.88 Å². The molecular formula is C20H24N4O2. The zero-order valence-electron chi connectivity index (χ0n) is 15.0. The first kappa shape index (κ1) is 16.8. The van der Waals surface area contributed by atoms with E-state index in [0.717, 1.165) is 43.7 Å². The minimum Gasteiger partial charge on any atom is -0.475 e. The Labute approximate surface area is 153 Å². The third-order valence-electron chi connectivity index (χ3n) is 5.26. The Bertz CT molecular complexity index is 776. The quantitative estimate of drug-likeness (QED) is 0.864. The van der Waals surface area contributed by atoms with Gasteiger partial charge in [-0.25, -0.2) is 9.97 Å². The normalized spacial score (nSPS) is 20.7. The monoisotopic (exact) mass is 352 g/mol. The van der Waals surface area contributed by atoms with Crippen LogP contribution in [0.4, 0.5) is 5.82 Å². The fourth-order valence-corrected chi connectivity index (χ4v) is 3.70. The van der Waals surface area contributed by atoms with Crippen LogP contribution < -0.4 is 15.0 Å². The molecular weight excluding hydrogens is 328 g/mol. The molecule has 0 radical (unpaired) electrons. The van der Waals surface area contributed by atoms with Crippen molar-refractivity contribution in [2.24, 2.45) is 0 Å². The largest absolute Gasteiger partial charge is 0.475 e. The number of nitrogens with one attached hydrogen (secondary N) is 1. The summed E-state index contributed by atoms with van der Waals surface area (Å²) in [6.07, 6.45) is 6.08. The van der Waals surface area contributed by atoms with E-state index in [1.807, 2.05) is 25.1 Å². The summed E-state index contributed by atoms with van der Waals surface area (Å²) in [5.41, 5.74) is 0.803. The zero-order chi connectivity index (χ0) is 18.0. The third-order valence-corrected chi connectivity index (χ3v) is 5.26. The molecule has 6 heteroatoms. The van der Waals surface area contributed by atoms with E-state index in [-0.39, 0.29) is 17.4 Å². The highest BCUT2D eigenvalue weighted by molar-refractivity contribution is 5.91. The molecule has 2 fully saturated rings. The predicted molar refractivity (Wildman–Crippen MR) is 99.3 cm³/mol. The maximum absolute atomic E-state index is 12.9. The van der Waals surface area contributed by atoms with Gasteiger partial charge in [0.25, 0.3) is 5.88 Å². The highest BCUT2D eigenvalue weighted by Gasteiger charge is 2.51. The molecule has 1 aromatic carbocycles. The average molecular weight is 352 g/mol. The molecule has 0 bridgehead atoms. The van der Waals surface area contributed by atoms with Crippen LogP contribution >= 0.6 is 0 Å². The van der Waals surface area contributed by atoms with Crippen LogP contribution in [0.25, 0.3) is 0 Å². The van der Waals surface area contributed by atoms with Crippen molar-refractivity contribution in [3.63, 3.8) is 0 Å². The number of amides is 1. The first-order valence-corrected chi connectivity index (χ1v) is 9.28. The van der Waals surface area contributed by atoms with Crippen molar-refractivity contribution in [2.45, 2.75) is 37.6 Å². The molecule has 2 aliphatic rings. The van der Waals surface area contributed by atoms with E-state index < -0.39 is 0 Å². The molecule has 0 spiro atoms. The molecule has 2 aromatic rings. The highest BCUT2D eigenvalue weighted by Crippen LogP contribution is 2.48. The summed E-state index contributed by atoms with van der Waals surface area (Å²) in [6.45, 7) is 4.06. The van der Waals surface area contributed by atoms with Crippen molar-refractivity contribution in [1.82, 2.24) is 15.3 Å². The fourth-order valence-electron chi connectivity index (χ4n) is 3.70. The molecule has 1 amide bonds. The van der Waals surface area contributed by atoms with Crippen LogP contribution in [0.3, 0.4) is 0 Å². The SMILES string of the molecule is CCOc1nccnc1N1CCC(NC(=O)C2(c3ccccc3)CC2)C1. The van der Waals surface area contributed by atoms with Crippen LogP contribution in [0.1, 0.15) is 31.7 Å². The first-order valence-electron chi connectivity index (χ1n) is 9.28. The topological polar surface area (TPSA) is 67.4 Å². The first-order chi connectivity index (χ1) is 12.7. The van der Waals surface area contributed by atoms with Gasteiger partial charge in [0, 0.05) is 31.5 Å². The van der Waals surface area contributed by atoms with Crippen LogP contribution in [0.5, 0.6) is 5.88 Å². The summed E-state index contributed by atoms with van der Waals surface area (Å²) >= 11 is 0.